The molecule has 0 saturated carbocycles. The zero-order valence-corrected chi connectivity index (χ0v) is 13.7. The van der Waals surface area contributed by atoms with Crippen molar-refractivity contribution >= 4 is 47.6 Å². The molecule has 0 bridgehead atoms. The lowest BCUT2D eigenvalue weighted by atomic mass is 10.3. The van der Waals surface area contributed by atoms with E-state index < -0.39 is 21.7 Å². The first kappa shape index (κ1) is 15.4. The van der Waals surface area contributed by atoms with Gasteiger partial charge in [-0.05, 0) is 52.3 Å². The summed E-state index contributed by atoms with van der Waals surface area (Å²) in [4.78, 5) is -0.355. The van der Waals surface area contributed by atoms with Crippen LogP contribution < -0.4 is 4.72 Å². The predicted molar refractivity (Wildman–Crippen MR) is 79.0 cm³/mol. The molecule has 3 nitrogen and oxygen atoms in total. The Hall–Kier alpha value is -0.990. The maximum atomic E-state index is 13.1. The number of hydrogen-bond donors (Lipinski definition) is 1. The third kappa shape index (κ3) is 3.36. The van der Waals surface area contributed by atoms with Crippen molar-refractivity contribution in [2.24, 2.45) is 0 Å². The van der Waals surface area contributed by atoms with Gasteiger partial charge in [0.15, 0.2) is 11.6 Å². The first-order valence-electron chi connectivity index (χ1n) is 5.22. The predicted octanol–water partition coefficient (Wildman–Crippen LogP) is 4.29. The molecule has 106 valence electrons. The Morgan fingerprint density at radius 2 is 1.65 bits per heavy atom. The number of benzene rings is 2. The number of anilines is 1. The summed E-state index contributed by atoms with van der Waals surface area (Å²) in [6.07, 6.45) is 0. The largest absolute Gasteiger partial charge is 0.278 e. The van der Waals surface area contributed by atoms with Gasteiger partial charge in [0.05, 0.1) is 10.6 Å². The minimum absolute atomic E-state index is 0.290. The van der Waals surface area contributed by atoms with Crippen LogP contribution in [0.4, 0.5) is 14.5 Å². The van der Waals surface area contributed by atoms with E-state index in [9.17, 15) is 17.2 Å². The molecule has 0 aromatic heterocycles. The summed E-state index contributed by atoms with van der Waals surface area (Å²) >= 11 is 6.45. The van der Waals surface area contributed by atoms with Crippen molar-refractivity contribution in [3.05, 3.63) is 57.0 Å². The number of sulfonamides is 1. The van der Waals surface area contributed by atoms with Crippen LogP contribution in [0.3, 0.4) is 0 Å². The molecule has 0 atom stereocenters. The highest BCUT2D eigenvalue weighted by Gasteiger charge is 2.17. The van der Waals surface area contributed by atoms with Gasteiger partial charge in [0, 0.05) is 8.95 Å². The summed E-state index contributed by atoms with van der Waals surface area (Å²) in [5.41, 5.74) is 0.290. The summed E-state index contributed by atoms with van der Waals surface area (Å²) in [6.45, 7) is 0. The van der Waals surface area contributed by atoms with Crippen LogP contribution in [-0.4, -0.2) is 8.42 Å². The molecule has 0 aliphatic heterocycles. The zero-order valence-electron chi connectivity index (χ0n) is 9.70. The van der Waals surface area contributed by atoms with Crippen LogP contribution >= 0.6 is 31.9 Å². The molecule has 8 heteroatoms. The molecule has 2 rings (SSSR count). The van der Waals surface area contributed by atoms with Gasteiger partial charge in [0.25, 0.3) is 10.0 Å². The van der Waals surface area contributed by atoms with Crippen LogP contribution in [0.5, 0.6) is 0 Å². The van der Waals surface area contributed by atoms with E-state index in [1.54, 1.807) is 12.1 Å². The number of hydrogen-bond acceptors (Lipinski definition) is 2. The van der Waals surface area contributed by atoms with Gasteiger partial charge in [0.1, 0.15) is 0 Å². The smallest absolute Gasteiger partial charge is 0.262 e. The van der Waals surface area contributed by atoms with Crippen molar-refractivity contribution in [1.82, 2.24) is 0 Å². The summed E-state index contributed by atoms with van der Waals surface area (Å²) < 4.78 is 53.6. The molecule has 1 N–H and O–H groups in total. The van der Waals surface area contributed by atoms with Gasteiger partial charge in [-0.1, -0.05) is 15.9 Å². The van der Waals surface area contributed by atoms with Crippen LogP contribution in [0.25, 0.3) is 0 Å². The van der Waals surface area contributed by atoms with E-state index in [2.05, 4.69) is 36.6 Å². The van der Waals surface area contributed by atoms with Crippen molar-refractivity contribution < 1.29 is 17.2 Å². The van der Waals surface area contributed by atoms with Crippen molar-refractivity contribution in [1.29, 1.82) is 0 Å². The molecule has 0 heterocycles. The van der Waals surface area contributed by atoms with Crippen molar-refractivity contribution in [3.8, 4) is 0 Å². The average molecular weight is 427 g/mol. The van der Waals surface area contributed by atoms with Gasteiger partial charge < -0.3 is 0 Å². The van der Waals surface area contributed by atoms with Gasteiger partial charge in [0.2, 0.25) is 0 Å². The minimum atomic E-state index is -3.99. The maximum Gasteiger partial charge on any atom is 0.262 e. The topological polar surface area (TPSA) is 46.2 Å². The van der Waals surface area contributed by atoms with Crippen LogP contribution in [0.1, 0.15) is 0 Å². The Balaban J connectivity index is 2.38. The normalized spacial score (nSPS) is 11.4. The third-order valence-corrected chi connectivity index (χ3v) is 4.89. The van der Waals surface area contributed by atoms with E-state index in [0.717, 1.165) is 16.6 Å². The van der Waals surface area contributed by atoms with Crippen molar-refractivity contribution in [2.75, 3.05) is 4.72 Å². The number of rotatable bonds is 3. The summed E-state index contributed by atoms with van der Waals surface area (Å²) in [5, 5.41) is 0. The monoisotopic (exact) mass is 425 g/mol. The first-order valence-corrected chi connectivity index (χ1v) is 8.29. The van der Waals surface area contributed by atoms with Gasteiger partial charge in [-0.15, -0.1) is 0 Å². The molecule has 20 heavy (non-hydrogen) atoms. The highest BCUT2D eigenvalue weighted by Crippen LogP contribution is 2.28. The fourth-order valence-electron chi connectivity index (χ4n) is 1.42. The SMILES string of the molecule is O=S(=O)(Nc1ccc(Br)cc1Br)c1ccc(F)c(F)c1. The molecular weight excluding hydrogens is 420 g/mol. The molecule has 2 aromatic rings. The Morgan fingerprint density at radius 3 is 2.25 bits per heavy atom. The Bertz CT molecular complexity index is 766. The maximum absolute atomic E-state index is 13.1. The molecule has 2 aromatic carbocycles. The van der Waals surface area contributed by atoms with Crippen LogP contribution in [0.15, 0.2) is 50.2 Å². The first-order chi connectivity index (χ1) is 9.29. The second-order valence-corrected chi connectivity index (χ2v) is 7.26. The second kappa shape index (κ2) is 5.79. The van der Waals surface area contributed by atoms with Crippen LogP contribution in [0, 0.1) is 11.6 Å². The van der Waals surface area contributed by atoms with E-state index in [1.807, 2.05) is 0 Å². The minimum Gasteiger partial charge on any atom is -0.278 e. The standard InChI is InChI=1S/C12H7Br2F2NO2S/c13-7-1-4-12(9(14)5-7)17-20(18,19)8-2-3-10(15)11(16)6-8/h1-6,17H. The fourth-order valence-corrected chi connectivity index (χ4v) is 3.79. The average Bonchev–Trinajstić information content (AvgIpc) is 2.36. The van der Waals surface area contributed by atoms with E-state index in [-0.39, 0.29) is 10.6 Å². The molecule has 0 spiro atoms. The molecule has 0 radical (unpaired) electrons. The molecule has 0 saturated heterocycles. The van der Waals surface area contributed by atoms with E-state index in [0.29, 0.717) is 10.5 Å². The molecule has 0 unspecified atom stereocenters. The fraction of sp³-hybridized carbons (Fsp3) is 0. The molecule has 0 aliphatic rings. The Kier molecular flexibility index (Phi) is 4.46. The van der Waals surface area contributed by atoms with Gasteiger partial charge in [-0.2, -0.15) is 0 Å². The van der Waals surface area contributed by atoms with Gasteiger partial charge >= 0.3 is 0 Å². The van der Waals surface area contributed by atoms with Crippen LogP contribution in [-0.2, 0) is 10.0 Å². The molecule has 0 fully saturated rings. The summed E-state index contributed by atoms with van der Waals surface area (Å²) in [6, 6.07) is 7.22. The quantitative estimate of drug-likeness (QED) is 0.795. The highest BCUT2D eigenvalue weighted by atomic mass is 79.9. The molecule has 0 aliphatic carbocycles. The zero-order chi connectivity index (χ0) is 14.9. The Labute approximate surface area is 131 Å². The van der Waals surface area contributed by atoms with Crippen molar-refractivity contribution in [2.45, 2.75) is 4.90 Å². The third-order valence-electron chi connectivity index (χ3n) is 2.38. The molecule has 0 amide bonds. The van der Waals surface area contributed by atoms with E-state index >= 15 is 0 Å². The lowest BCUT2D eigenvalue weighted by Crippen LogP contribution is -2.13. The van der Waals surface area contributed by atoms with Gasteiger partial charge in [-0.25, -0.2) is 17.2 Å². The molecular formula is C12H7Br2F2NO2S. The van der Waals surface area contributed by atoms with E-state index in [4.69, 9.17) is 0 Å². The summed E-state index contributed by atoms with van der Waals surface area (Å²) in [5.74, 6) is -2.32. The highest BCUT2D eigenvalue weighted by molar-refractivity contribution is 9.11. The Morgan fingerprint density at radius 1 is 0.950 bits per heavy atom. The summed E-state index contributed by atoms with van der Waals surface area (Å²) in [7, 11) is -3.99. The lowest BCUT2D eigenvalue weighted by molar-refractivity contribution is 0.504. The van der Waals surface area contributed by atoms with E-state index in [1.165, 1.54) is 6.07 Å². The number of nitrogens with one attached hydrogen (secondary N) is 1. The van der Waals surface area contributed by atoms with Crippen molar-refractivity contribution in [3.63, 3.8) is 0 Å². The number of halogens is 4. The van der Waals surface area contributed by atoms with Gasteiger partial charge in [-0.3, -0.25) is 4.72 Å². The second-order valence-electron chi connectivity index (χ2n) is 3.81. The van der Waals surface area contributed by atoms with Crippen LogP contribution in [0.2, 0.25) is 0 Å². The lowest BCUT2D eigenvalue weighted by Gasteiger charge is -2.10.